The van der Waals surface area contributed by atoms with Crippen LogP contribution < -0.4 is 0 Å². The summed E-state index contributed by atoms with van der Waals surface area (Å²) < 4.78 is 0. The van der Waals surface area contributed by atoms with E-state index in [1.165, 1.54) is 19.3 Å². The van der Waals surface area contributed by atoms with Crippen molar-refractivity contribution in [1.82, 2.24) is 0 Å². The van der Waals surface area contributed by atoms with Crippen molar-refractivity contribution in [2.75, 3.05) is 6.61 Å². The lowest BCUT2D eigenvalue weighted by atomic mass is 10.0. The Labute approximate surface area is 144 Å². The number of carbonyl (C=O) groups excluding carboxylic acids is 1. The van der Waals surface area contributed by atoms with Gasteiger partial charge in [-0.3, -0.25) is 4.89 Å². The third kappa shape index (κ3) is 6.17. The van der Waals surface area contributed by atoms with E-state index in [1.54, 1.807) is 12.1 Å². The minimum Gasteiger partial charge on any atom is -0.293 e. The first-order valence-electron chi connectivity index (χ1n) is 8.60. The third-order valence-electron chi connectivity index (χ3n) is 3.84. The quantitative estimate of drug-likeness (QED) is 0.323. The Morgan fingerprint density at radius 3 is 2.12 bits per heavy atom. The van der Waals surface area contributed by atoms with Crippen molar-refractivity contribution < 1.29 is 14.6 Å². The van der Waals surface area contributed by atoms with Crippen LogP contribution >= 0.6 is 0 Å². The van der Waals surface area contributed by atoms with Crippen LogP contribution in [-0.2, 0) is 9.78 Å². The van der Waals surface area contributed by atoms with E-state index >= 15 is 0 Å². The van der Waals surface area contributed by atoms with Crippen molar-refractivity contribution in [3.05, 3.63) is 67.1 Å². The number of benzene rings is 2. The standard InChI is InChI=1S/C21H25O3/c1-2-3-4-5-6-10-17-23-24-21(22)20-15-13-19(14-16-20)18-11-8-7-9-12-18/h7-9,11-16H,1-6,10,17H2. The Morgan fingerprint density at radius 2 is 1.42 bits per heavy atom. The summed E-state index contributed by atoms with van der Waals surface area (Å²) in [7, 11) is 0. The van der Waals surface area contributed by atoms with Gasteiger partial charge in [0.2, 0.25) is 0 Å². The number of hydrogen-bond acceptors (Lipinski definition) is 3. The summed E-state index contributed by atoms with van der Waals surface area (Å²) in [5, 5.41) is 0. The van der Waals surface area contributed by atoms with Gasteiger partial charge in [-0.25, -0.2) is 4.79 Å². The second-order valence-electron chi connectivity index (χ2n) is 5.76. The van der Waals surface area contributed by atoms with Crippen molar-refractivity contribution in [3.8, 4) is 11.1 Å². The lowest BCUT2D eigenvalue weighted by molar-refractivity contribution is -0.241. The highest BCUT2D eigenvalue weighted by atomic mass is 17.2. The second kappa shape index (κ2) is 10.6. The molecule has 1 radical (unpaired) electrons. The Kier molecular flexibility index (Phi) is 8.05. The Morgan fingerprint density at radius 1 is 0.792 bits per heavy atom. The van der Waals surface area contributed by atoms with Crippen LogP contribution in [0.3, 0.4) is 0 Å². The fourth-order valence-corrected chi connectivity index (χ4v) is 2.44. The summed E-state index contributed by atoms with van der Waals surface area (Å²) in [5.74, 6) is -0.452. The molecule has 0 amide bonds. The van der Waals surface area contributed by atoms with Crippen molar-refractivity contribution in [2.24, 2.45) is 0 Å². The summed E-state index contributed by atoms with van der Waals surface area (Å²) in [6, 6.07) is 17.4. The zero-order valence-corrected chi connectivity index (χ0v) is 14.1. The lowest BCUT2D eigenvalue weighted by Crippen LogP contribution is -2.07. The molecular weight excluding hydrogens is 300 g/mol. The molecule has 0 saturated heterocycles. The van der Waals surface area contributed by atoms with E-state index in [-0.39, 0.29) is 0 Å². The molecule has 0 heterocycles. The Balaban J connectivity index is 1.69. The van der Waals surface area contributed by atoms with Gasteiger partial charge in [0, 0.05) is 0 Å². The van der Waals surface area contributed by atoms with Crippen molar-refractivity contribution in [1.29, 1.82) is 0 Å². The van der Waals surface area contributed by atoms with Crippen LogP contribution in [0.1, 0.15) is 48.9 Å². The van der Waals surface area contributed by atoms with Gasteiger partial charge < -0.3 is 0 Å². The maximum absolute atomic E-state index is 11.9. The van der Waals surface area contributed by atoms with Crippen LogP contribution in [0.5, 0.6) is 0 Å². The summed E-state index contributed by atoms with van der Waals surface area (Å²) >= 11 is 0. The fourth-order valence-electron chi connectivity index (χ4n) is 2.44. The first-order chi connectivity index (χ1) is 11.8. The third-order valence-corrected chi connectivity index (χ3v) is 3.84. The average Bonchev–Trinajstić information content (AvgIpc) is 2.64. The molecule has 0 aliphatic carbocycles. The Hall–Kier alpha value is -2.13. The van der Waals surface area contributed by atoms with Gasteiger partial charge in [-0.05, 0) is 29.7 Å². The predicted molar refractivity (Wildman–Crippen MR) is 96.3 cm³/mol. The van der Waals surface area contributed by atoms with E-state index in [1.807, 2.05) is 42.5 Å². The molecule has 0 bridgehead atoms. The van der Waals surface area contributed by atoms with Gasteiger partial charge in [0.15, 0.2) is 0 Å². The monoisotopic (exact) mass is 325 g/mol. The number of hydrogen-bond donors (Lipinski definition) is 0. The number of rotatable bonds is 10. The molecule has 0 saturated carbocycles. The smallest absolute Gasteiger partial charge is 0.293 e. The van der Waals surface area contributed by atoms with Gasteiger partial charge in [0.1, 0.15) is 0 Å². The molecule has 0 N–H and O–H groups in total. The van der Waals surface area contributed by atoms with Gasteiger partial charge in [-0.15, -0.1) is 0 Å². The summed E-state index contributed by atoms with van der Waals surface area (Å²) in [6.07, 6.45) is 6.54. The highest BCUT2D eigenvalue weighted by Gasteiger charge is 2.08. The first kappa shape index (κ1) is 18.2. The van der Waals surface area contributed by atoms with Crippen LogP contribution in [0, 0.1) is 6.92 Å². The van der Waals surface area contributed by atoms with E-state index in [2.05, 4.69) is 6.92 Å². The van der Waals surface area contributed by atoms with Crippen molar-refractivity contribution in [2.45, 2.75) is 38.5 Å². The van der Waals surface area contributed by atoms with Crippen LogP contribution in [-0.4, -0.2) is 12.6 Å². The normalized spacial score (nSPS) is 10.5. The largest absolute Gasteiger partial charge is 0.373 e. The SMILES string of the molecule is [CH2]CCCCCCCOOC(=O)c1ccc(-c2ccccc2)cc1. The summed E-state index contributed by atoms with van der Waals surface area (Å²) in [6.45, 7) is 4.26. The van der Waals surface area contributed by atoms with Crippen LogP contribution in [0.25, 0.3) is 11.1 Å². The zero-order chi connectivity index (χ0) is 17.0. The Bertz CT molecular complexity index is 590. The molecule has 2 aromatic rings. The molecule has 0 aliphatic rings. The fraction of sp³-hybridized carbons (Fsp3) is 0.333. The van der Waals surface area contributed by atoms with Gasteiger partial charge >= 0.3 is 5.97 Å². The molecule has 0 spiro atoms. The van der Waals surface area contributed by atoms with Crippen LogP contribution in [0.15, 0.2) is 54.6 Å². The van der Waals surface area contributed by atoms with Gasteiger partial charge in [-0.2, -0.15) is 4.89 Å². The minimum atomic E-state index is -0.452. The van der Waals surface area contributed by atoms with Crippen LogP contribution in [0.4, 0.5) is 0 Å². The predicted octanol–water partition coefficient (Wildman–Crippen LogP) is 5.62. The maximum atomic E-state index is 11.9. The number of unbranched alkanes of at least 4 members (excludes halogenated alkanes) is 5. The summed E-state index contributed by atoms with van der Waals surface area (Å²) in [4.78, 5) is 21.8. The van der Waals surface area contributed by atoms with Gasteiger partial charge in [-0.1, -0.05) is 81.5 Å². The topological polar surface area (TPSA) is 35.5 Å². The average molecular weight is 325 g/mol. The maximum Gasteiger partial charge on any atom is 0.373 e. The molecule has 3 heteroatoms. The molecule has 2 rings (SSSR count). The van der Waals surface area contributed by atoms with E-state index in [9.17, 15) is 4.79 Å². The molecule has 24 heavy (non-hydrogen) atoms. The molecule has 0 unspecified atom stereocenters. The molecule has 0 fully saturated rings. The van der Waals surface area contributed by atoms with Gasteiger partial charge in [0.05, 0.1) is 12.2 Å². The van der Waals surface area contributed by atoms with E-state index in [4.69, 9.17) is 9.78 Å². The number of carbonyl (C=O) groups is 1. The summed E-state index contributed by atoms with van der Waals surface area (Å²) in [5.41, 5.74) is 2.67. The van der Waals surface area contributed by atoms with Gasteiger partial charge in [0.25, 0.3) is 0 Å². The molecule has 3 nitrogen and oxygen atoms in total. The van der Waals surface area contributed by atoms with E-state index in [0.29, 0.717) is 12.2 Å². The second-order valence-corrected chi connectivity index (χ2v) is 5.76. The molecule has 2 aromatic carbocycles. The highest BCUT2D eigenvalue weighted by molar-refractivity contribution is 5.89. The van der Waals surface area contributed by atoms with Crippen LogP contribution in [0.2, 0.25) is 0 Å². The molecule has 127 valence electrons. The van der Waals surface area contributed by atoms with E-state index in [0.717, 1.165) is 30.4 Å². The molecular formula is C21H25O3. The zero-order valence-electron chi connectivity index (χ0n) is 14.1. The van der Waals surface area contributed by atoms with Crippen molar-refractivity contribution >= 4 is 5.97 Å². The minimum absolute atomic E-state index is 0.443. The highest BCUT2D eigenvalue weighted by Crippen LogP contribution is 2.19. The first-order valence-corrected chi connectivity index (χ1v) is 8.60. The molecule has 0 atom stereocenters. The van der Waals surface area contributed by atoms with Crippen molar-refractivity contribution in [3.63, 3.8) is 0 Å². The molecule has 0 aromatic heterocycles. The molecule has 0 aliphatic heterocycles. The van der Waals surface area contributed by atoms with E-state index < -0.39 is 5.97 Å². The lowest BCUT2D eigenvalue weighted by Gasteiger charge is -2.05.